The van der Waals surface area contributed by atoms with Crippen LogP contribution < -0.4 is 10.6 Å². The Kier molecular flexibility index (Phi) is 4.47. The van der Waals surface area contributed by atoms with Crippen molar-refractivity contribution in [3.63, 3.8) is 0 Å². The summed E-state index contributed by atoms with van der Waals surface area (Å²) in [7, 11) is 0. The van der Waals surface area contributed by atoms with Crippen molar-refractivity contribution in [2.45, 2.75) is 19.9 Å². The molecule has 0 radical (unpaired) electrons. The first-order chi connectivity index (χ1) is 8.99. The van der Waals surface area contributed by atoms with Gasteiger partial charge in [0.1, 0.15) is 0 Å². The van der Waals surface area contributed by atoms with Gasteiger partial charge in [-0.15, -0.1) is 0 Å². The summed E-state index contributed by atoms with van der Waals surface area (Å²) < 4.78 is 1.07. The van der Waals surface area contributed by atoms with Crippen LogP contribution in [0.4, 0.5) is 5.69 Å². The quantitative estimate of drug-likeness (QED) is 0.906. The van der Waals surface area contributed by atoms with Crippen molar-refractivity contribution in [2.75, 3.05) is 31.1 Å². The van der Waals surface area contributed by atoms with Crippen LogP contribution in [0.2, 0.25) is 0 Å². The highest BCUT2D eigenvalue weighted by Gasteiger charge is 2.20. The summed E-state index contributed by atoms with van der Waals surface area (Å²) in [6.07, 6.45) is 0. The van der Waals surface area contributed by atoms with Gasteiger partial charge in [0.05, 0.1) is 5.69 Å². The number of carbonyl (C=O) groups is 1. The molecule has 1 heterocycles. The minimum absolute atomic E-state index is 0.0416. The third-order valence-corrected chi connectivity index (χ3v) is 4.20. The molecular weight excluding hydrogens is 306 g/mol. The summed E-state index contributed by atoms with van der Waals surface area (Å²) in [5.74, 6) is 0.158. The minimum atomic E-state index is 0.0416. The zero-order valence-electron chi connectivity index (χ0n) is 11.4. The molecule has 5 heteroatoms. The maximum absolute atomic E-state index is 11.3. The molecule has 1 aliphatic rings. The lowest BCUT2D eigenvalue weighted by molar-refractivity contribution is -0.129. The summed E-state index contributed by atoms with van der Waals surface area (Å²) in [6, 6.07) is 6.30. The molecule has 1 atom stereocenters. The molecule has 4 nitrogen and oxygen atoms in total. The molecule has 0 spiro atoms. The first-order valence-electron chi connectivity index (χ1n) is 6.54. The molecule has 1 fully saturated rings. The van der Waals surface area contributed by atoms with E-state index < -0.39 is 0 Å². The molecule has 0 bridgehead atoms. The van der Waals surface area contributed by atoms with Crippen molar-refractivity contribution in [1.29, 1.82) is 0 Å². The van der Waals surface area contributed by atoms with Gasteiger partial charge in [-0.3, -0.25) is 4.79 Å². The number of amides is 1. The van der Waals surface area contributed by atoms with Crippen molar-refractivity contribution in [3.8, 4) is 0 Å². The monoisotopic (exact) mass is 325 g/mol. The second-order valence-corrected chi connectivity index (χ2v) is 5.85. The van der Waals surface area contributed by atoms with Crippen LogP contribution in [0.15, 0.2) is 22.7 Å². The Balaban J connectivity index is 2.09. The summed E-state index contributed by atoms with van der Waals surface area (Å²) in [6.45, 7) is 6.93. The van der Waals surface area contributed by atoms with Gasteiger partial charge in [-0.25, -0.2) is 0 Å². The summed E-state index contributed by atoms with van der Waals surface area (Å²) >= 11 is 3.62. The Morgan fingerprint density at radius 3 is 2.42 bits per heavy atom. The van der Waals surface area contributed by atoms with Crippen LogP contribution in [0.1, 0.15) is 25.5 Å². The predicted molar refractivity (Wildman–Crippen MR) is 81.2 cm³/mol. The zero-order chi connectivity index (χ0) is 14.0. The number of nitrogens with two attached hydrogens (primary N) is 1. The van der Waals surface area contributed by atoms with Gasteiger partial charge in [0, 0.05) is 43.6 Å². The number of halogens is 1. The lowest BCUT2D eigenvalue weighted by atomic mass is 10.1. The SMILES string of the molecule is CC(=O)N1CCN(c2ccc([C@H](C)N)cc2Br)CC1. The van der Waals surface area contributed by atoms with E-state index in [-0.39, 0.29) is 11.9 Å². The second-order valence-electron chi connectivity index (χ2n) is 4.99. The molecule has 1 amide bonds. The Labute approximate surface area is 122 Å². The van der Waals surface area contributed by atoms with Crippen LogP contribution in [0.3, 0.4) is 0 Å². The van der Waals surface area contributed by atoms with Gasteiger partial charge in [0.2, 0.25) is 5.91 Å². The minimum Gasteiger partial charge on any atom is -0.367 e. The number of hydrogen-bond acceptors (Lipinski definition) is 3. The van der Waals surface area contributed by atoms with Gasteiger partial charge in [-0.1, -0.05) is 6.07 Å². The van der Waals surface area contributed by atoms with Crippen LogP contribution in [-0.2, 0) is 4.79 Å². The number of carbonyl (C=O) groups excluding carboxylic acids is 1. The van der Waals surface area contributed by atoms with Crippen molar-refractivity contribution < 1.29 is 4.79 Å². The Morgan fingerprint density at radius 2 is 1.95 bits per heavy atom. The van der Waals surface area contributed by atoms with Crippen LogP contribution in [0, 0.1) is 0 Å². The van der Waals surface area contributed by atoms with E-state index in [2.05, 4.69) is 39.0 Å². The highest BCUT2D eigenvalue weighted by Crippen LogP contribution is 2.29. The van der Waals surface area contributed by atoms with E-state index in [4.69, 9.17) is 5.73 Å². The number of rotatable bonds is 2. The first kappa shape index (κ1) is 14.3. The maximum atomic E-state index is 11.3. The molecule has 2 rings (SSSR count). The van der Waals surface area contributed by atoms with Crippen LogP contribution in [0.5, 0.6) is 0 Å². The van der Waals surface area contributed by atoms with Crippen LogP contribution >= 0.6 is 15.9 Å². The molecule has 1 saturated heterocycles. The van der Waals surface area contributed by atoms with Gasteiger partial charge in [-0.2, -0.15) is 0 Å². The van der Waals surface area contributed by atoms with E-state index in [1.54, 1.807) is 6.92 Å². The van der Waals surface area contributed by atoms with E-state index in [9.17, 15) is 4.79 Å². The van der Waals surface area contributed by atoms with Crippen LogP contribution in [0.25, 0.3) is 0 Å². The summed E-state index contributed by atoms with van der Waals surface area (Å²) in [5, 5.41) is 0. The summed E-state index contributed by atoms with van der Waals surface area (Å²) in [5.41, 5.74) is 8.18. The Morgan fingerprint density at radius 1 is 1.32 bits per heavy atom. The third kappa shape index (κ3) is 3.28. The van der Waals surface area contributed by atoms with E-state index in [1.807, 2.05) is 11.8 Å². The molecule has 1 aliphatic heterocycles. The molecular formula is C14H20BrN3O. The van der Waals surface area contributed by atoms with Crippen molar-refractivity contribution in [1.82, 2.24) is 4.90 Å². The number of anilines is 1. The topological polar surface area (TPSA) is 49.6 Å². The lowest BCUT2D eigenvalue weighted by Gasteiger charge is -2.36. The highest BCUT2D eigenvalue weighted by atomic mass is 79.9. The summed E-state index contributed by atoms with van der Waals surface area (Å²) in [4.78, 5) is 15.5. The van der Waals surface area contributed by atoms with Gasteiger partial charge < -0.3 is 15.5 Å². The van der Waals surface area contributed by atoms with Crippen LogP contribution in [-0.4, -0.2) is 37.0 Å². The largest absolute Gasteiger partial charge is 0.367 e. The molecule has 0 unspecified atom stereocenters. The van der Waals surface area contributed by atoms with Gasteiger partial charge in [0.25, 0.3) is 0 Å². The molecule has 1 aromatic carbocycles. The fraction of sp³-hybridized carbons (Fsp3) is 0.500. The maximum Gasteiger partial charge on any atom is 0.219 e. The number of piperazine rings is 1. The van der Waals surface area contributed by atoms with E-state index >= 15 is 0 Å². The van der Waals surface area contributed by atoms with Gasteiger partial charge >= 0.3 is 0 Å². The molecule has 2 N–H and O–H groups in total. The van der Waals surface area contributed by atoms with E-state index in [0.717, 1.165) is 36.2 Å². The molecule has 0 aromatic heterocycles. The molecule has 0 saturated carbocycles. The van der Waals surface area contributed by atoms with Gasteiger partial charge in [-0.05, 0) is 40.5 Å². The van der Waals surface area contributed by atoms with Crippen molar-refractivity contribution in [2.24, 2.45) is 5.73 Å². The fourth-order valence-corrected chi connectivity index (χ4v) is 2.97. The van der Waals surface area contributed by atoms with E-state index in [0.29, 0.717) is 0 Å². The predicted octanol–water partition coefficient (Wildman–Crippen LogP) is 2.14. The molecule has 0 aliphatic carbocycles. The Bertz CT molecular complexity index is 468. The van der Waals surface area contributed by atoms with Crippen molar-refractivity contribution in [3.05, 3.63) is 28.2 Å². The lowest BCUT2D eigenvalue weighted by Crippen LogP contribution is -2.48. The average molecular weight is 326 g/mol. The second kappa shape index (κ2) is 5.92. The zero-order valence-corrected chi connectivity index (χ0v) is 13.0. The number of nitrogens with zero attached hydrogens (tertiary/aromatic N) is 2. The van der Waals surface area contributed by atoms with Gasteiger partial charge in [0.15, 0.2) is 0 Å². The molecule has 1 aromatic rings. The number of benzene rings is 1. The molecule has 19 heavy (non-hydrogen) atoms. The standard InChI is InChI=1S/C14H20BrN3O/c1-10(16)12-3-4-14(13(15)9-12)18-7-5-17(6-8-18)11(2)19/h3-4,9-10H,5-8,16H2,1-2H3/t10-/m0/s1. The normalized spacial score (nSPS) is 17.5. The fourth-order valence-electron chi connectivity index (χ4n) is 2.33. The smallest absolute Gasteiger partial charge is 0.219 e. The van der Waals surface area contributed by atoms with E-state index in [1.165, 1.54) is 5.69 Å². The number of hydrogen-bond donors (Lipinski definition) is 1. The highest BCUT2D eigenvalue weighted by molar-refractivity contribution is 9.10. The Hall–Kier alpha value is -1.07. The average Bonchev–Trinajstić information content (AvgIpc) is 2.38. The third-order valence-electron chi connectivity index (χ3n) is 3.56. The first-order valence-corrected chi connectivity index (χ1v) is 7.34. The van der Waals surface area contributed by atoms with Crippen molar-refractivity contribution >= 4 is 27.5 Å². The molecule has 104 valence electrons.